The lowest BCUT2D eigenvalue weighted by molar-refractivity contribution is 0.258. The van der Waals surface area contributed by atoms with Crippen molar-refractivity contribution >= 4 is 45.6 Å². The molecule has 226 valence electrons. The van der Waals surface area contributed by atoms with Crippen molar-refractivity contribution in [3.8, 4) is 0 Å². The first-order chi connectivity index (χ1) is 21.4. The van der Waals surface area contributed by atoms with E-state index in [-0.39, 0.29) is 6.03 Å². The summed E-state index contributed by atoms with van der Waals surface area (Å²) in [6.45, 7) is 12.0. The number of nitrogens with zero attached hydrogens (tertiary/aromatic N) is 8. The van der Waals surface area contributed by atoms with E-state index < -0.39 is 0 Å². The first-order valence-electron chi connectivity index (χ1n) is 15.0. The third-order valence-corrected chi connectivity index (χ3v) is 8.08. The highest BCUT2D eigenvalue weighted by molar-refractivity contribution is 6.07. The van der Waals surface area contributed by atoms with Gasteiger partial charge in [-0.15, -0.1) is 0 Å². The van der Waals surface area contributed by atoms with Crippen LogP contribution in [0, 0.1) is 13.8 Å². The number of hydrogen-bond donors (Lipinski definition) is 2. The summed E-state index contributed by atoms with van der Waals surface area (Å²) in [5, 5.41) is 12.0. The van der Waals surface area contributed by atoms with Crippen LogP contribution in [0.3, 0.4) is 0 Å². The molecule has 1 saturated heterocycles. The van der Waals surface area contributed by atoms with Gasteiger partial charge in [0.2, 0.25) is 0 Å². The molecule has 1 aliphatic heterocycles. The minimum absolute atomic E-state index is 0.317. The van der Waals surface area contributed by atoms with Gasteiger partial charge >= 0.3 is 6.03 Å². The van der Waals surface area contributed by atoms with Crippen molar-refractivity contribution in [3.05, 3.63) is 90.1 Å². The second-order valence-corrected chi connectivity index (χ2v) is 11.1. The van der Waals surface area contributed by atoms with Crippen LogP contribution in [0.1, 0.15) is 24.0 Å². The highest BCUT2D eigenvalue weighted by Gasteiger charge is 2.19. The number of urea groups is 1. The van der Waals surface area contributed by atoms with E-state index in [2.05, 4.69) is 66.6 Å². The fourth-order valence-electron chi connectivity index (χ4n) is 5.61. The maximum atomic E-state index is 13.4. The highest BCUT2D eigenvalue weighted by atomic mass is 16.2. The standard InChI is InChI=1S/C33H38N10O/c1-5-41-16-18-42(19-17-41)27-14-12-25(13-15-27)37-30-20-31(35-22-34-30)40(4)33(44)38-28-10-7-11-29-32(28)24(3)39-43(29)21-26-9-6-8-23(2)36-26/h6-15,20,22H,5,16-19,21H2,1-4H3,(H,38,44)(H,34,35,37). The van der Waals surface area contributed by atoms with Crippen LogP contribution in [0.5, 0.6) is 0 Å². The van der Waals surface area contributed by atoms with Crippen molar-refractivity contribution < 1.29 is 4.79 Å². The number of pyridine rings is 1. The molecule has 1 aliphatic rings. The van der Waals surface area contributed by atoms with Crippen molar-refractivity contribution in [1.29, 1.82) is 0 Å². The molecule has 6 rings (SSSR count). The van der Waals surface area contributed by atoms with Crippen molar-refractivity contribution in [2.45, 2.75) is 27.3 Å². The number of amides is 2. The Morgan fingerprint density at radius 1 is 0.955 bits per heavy atom. The smallest absolute Gasteiger partial charge is 0.327 e. The lowest BCUT2D eigenvalue weighted by Crippen LogP contribution is -2.46. The maximum Gasteiger partial charge on any atom is 0.327 e. The van der Waals surface area contributed by atoms with E-state index in [0.29, 0.717) is 23.9 Å². The number of nitrogens with one attached hydrogen (secondary N) is 2. The number of carbonyl (C=O) groups excluding carboxylic acids is 1. The number of piperazine rings is 1. The number of rotatable bonds is 8. The van der Waals surface area contributed by atoms with E-state index in [4.69, 9.17) is 5.10 Å². The number of carbonyl (C=O) groups is 1. The molecule has 3 aromatic heterocycles. The van der Waals surface area contributed by atoms with Gasteiger partial charge in [0, 0.05) is 61.7 Å². The minimum atomic E-state index is -0.317. The summed E-state index contributed by atoms with van der Waals surface area (Å²) in [6.07, 6.45) is 1.46. The Kier molecular flexibility index (Phi) is 8.38. The van der Waals surface area contributed by atoms with E-state index in [1.54, 1.807) is 13.1 Å². The van der Waals surface area contributed by atoms with Crippen molar-refractivity contribution in [3.63, 3.8) is 0 Å². The predicted molar refractivity (Wildman–Crippen MR) is 176 cm³/mol. The summed E-state index contributed by atoms with van der Waals surface area (Å²) < 4.78 is 1.92. The van der Waals surface area contributed by atoms with E-state index in [0.717, 1.165) is 66.4 Å². The topological polar surface area (TPSA) is 107 Å². The van der Waals surface area contributed by atoms with Crippen molar-refractivity contribution in [2.75, 3.05) is 60.2 Å². The minimum Gasteiger partial charge on any atom is -0.369 e. The zero-order chi connectivity index (χ0) is 30.6. The first-order valence-corrected chi connectivity index (χ1v) is 15.0. The molecular formula is C33H38N10O. The Labute approximate surface area is 257 Å². The maximum absolute atomic E-state index is 13.4. The molecule has 0 spiro atoms. The molecule has 11 heteroatoms. The number of likely N-dealkylation sites (N-methyl/N-ethyl adjacent to an activating group) is 1. The van der Waals surface area contributed by atoms with E-state index in [1.165, 1.54) is 16.9 Å². The third-order valence-electron chi connectivity index (χ3n) is 8.08. The number of benzene rings is 2. The Morgan fingerprint density at radius 2 is 1.73 bits per heavy atom. The summed E-state index contributed by atoms with van der Waals surface area (Å²) in [4.78, 5) is 33.1. The molecule has 0 bridgehead atoms. The van der Waals surface area contributed by atoms with Gasteiger partial charge in [0.1, 0.15) is 18.0 Å². The monoisotopic (exact) mass is 590 g/mol. The fraction of sp³-hybridized carbons (Fsp3) is 0.303. The van der Waals surface area contributed by atoms with Gasteiger partial charge in [0.05, 0.1) is 29.1 Å². The zero-order valence-corrected chi connectivity index (χ0v) is 25.7. The van der Waals surface area contributed by atoms with Crippen LogP contribution in [0.2, 0.25) is 0 Å². The lowest BCUT2D eigenvalue weighted by Gasteiger charge is -2.35. The van der Waals surface area contributed by atoms with Gasteiger partial charge in [-0.2, -0.15) is 5.10 Å². The summed E-state index contributed by atoms with van der Waals surface area (Å²) in [7, 11) is 1.69. The largest absolute Gasteiger partial charge is 0.369 e. The average Bonchev–Trinajstić information content (AvgIpc) is 3.36. The second kappa shape index (κ2) is 12.7. The van der Waals surface area contributed by atoms with Crippen LogP contribution >= 0.6 is 0 Å². The van der Waals surface area contributed by atoms with Gasteiger partial charge in [-0.25, -0.2) is 14.8 Å². The highest BCUT2D eigenvalue weighted by Crippen LogP contribution is 2.28. The van der Waals surface area contributed by atoms with Gasteiger partial charge in [0.25, 0.3) is 0 Å². The number of fused-ring (bicyclic) bond motifs is 1. The number of aromatic nitrogens is 5. The van der Waals surface area contributed by atoms with Crippen molar-refractivity contribution in [2.24, 2.45) is 0 Å². The molecule has 44 heavy (non-hydrogen) atoms. The normalized spacial score (nSPS) is 13.7. The van der Waals surface area contributed by atoms with E-state index >= 15 is 0 Å². The molecular weight excluding hydrogens is 552 g/mol. The molecule has 0 radical (unpaired) electrons. The molecule has 2 amide bonds. The molecule has 2 aromatic carbocycles. The van der Waals surface area contributed by atoms with Gasteiger partial charge in [0.15, 0.2) is 0 Å². The van der Waals surface area contributed by atoms with Gasteiger partial charge in [-0.05, 0) is 68.9 Å². The van der Waals surface area contributed by atoms with Gasteiger partial charge in [-0.1, -0.05) is 19.1 Å². The fourth-order valence-corrected chi connectivity index (χ4v) is 5.61. The van der Waals surface area contributed by atoms with E-state index in [1.807, 2.05) is 54.9 Å². The van der Waals surface area contributed by atoms with Crippen LogP contribution in [-0.2, 0) is 6.54 Å². The molecule has 0 saturated carbocycles. The molecule has 2 N–H and O–H groups in total. The molecule has 4 heterocycles. The lowest BCUT2D eigenvalue weighted by atomic mass is 10.1. The quantitative estimate of drug-likeness (QED) is 0.246. The van der Waals surface area contributed by atoms with Gasteiger partial charge in [-0.3, -0.25) is 14.6 Å². The van der Waals surface area contributed by atoms with Crippen LogP contribution in [-0.4, -0.2) is 75.4 Å². The average molecular weight is 591 g/mol. The Morgan fingerprint density at radius 3 is 2.48 bits per heavy atom. The van der Waals surface area contributed by atoms with Crippen LogP contribution in [0.4, 0.5) is 33.5 Å². The summed E-state index contributed by atoms with van der Waals surface area (Å²) in [5.41, 5.74) is 6.46. The van der Waals surface area contributed by atoms with Crippen LogP contribution in [0.25, 0.3) is 10.9 Å². The predicted octanol–water partition coefficient (Wildman–Crippen LogP) is 5.44. The molecule has 5 aromatic rings. The summed E-state index contributed by atoms with van der Waals surface area (Å²) >= 11 is 0. The molecule has 0 unspecified atom stereocenters. The molecule has 1 fully saturated rings. The molecule has 0 aliphatic carbocycles. The number of aryl methyl sites for hydroxylation is 2. The zero-order valence-electron chi connectivity index (χ0n) is 25.7. The van der Waals surface area contributed by atoms with Gasteiger partial charge < -0.3 is 20.4 Å². The number of hydrogen-bond acceptors (Lipinski definition) is 8. The summed E-state index contributed by atoms with van der Waals surface area (Å²) in [6, 6.07) is 21.6. The Hall–Kier alpha value is -5.03. The Bertz CT molecular complexity index is 1760. The molecule has 0 atom stereocenters. The SMILES string of the molecule is CCN1CCN(c2ccc(Nc3cc(N(C)C(=O)Nc4cccc5c4c(C)nn5Cc4cccc(C)n4)ncn3)cc2)CC1. The second-order valence-electron chi connectivity index (χ2n) is 11.1. The van der Waals surface area contributed by atoms with Crippen LogP contribution < -0.4 is 20.4 Å². The molecule has 11 nitrogen and oxygen atoms in total. The van der Waals surface area contributed by atoms with E-state index in [9.17, 15) is 4.79 Å². The van der Waals surface area contributed by atoms with Crippen LogP contribution in [0.15, 0.2) is 73.1 Å². The third kappa shape index (κ3) is 6.32. The summed E-state index contributed by atoms with van der Waals surface area (Å²) in [5.74, 6) is 1.07. The first kappa shape index (κ1) is 29.1. The van der Waals surface area contributed by atoms with Crippen molar-refractivity contribution in [1.82, 2.24) is 29.6 Å². The Balaban J connectivity index is 1.13. The number of anilines is 5.